The van der Waals surface area contributed by atoms with Crippen molar-refractivity contribution in [3.63, 3.8) is 0 Å². The van der Waals surface area contributed by atoms with Gasteiger partial charge in [-0.05, 0) is 127 Å². The number of nitrogens with zero attached hydrogens (tertiary/aromatic N) is 1. The molecule has 0 saturated heterocycles. The van der Waals surface area contributed by atoms with Crippen LogP contribution in [0.5, 0.6) is 0 Å². The summed E-state index contributed by atoms with van der Waals surface area (Å²) < 4.78 is 0. The second-order valence-corrected chi connectivity index (χ2v) is 17.7. The van der Waals surface area contributed by atoms with E-state index in [4.69, 9.17) is 4.99 Å². The highest BCUT2D eigenvalue weighted by atomic mass is 14.8. The first-order valence-corrected chi connectivity index (χ1v) is 23.4. The van der Waals surface area contributed by atoms with Crippen molar-refractivity contribution in [1.82, 2.24) is 0 Å². The first-order chi connectivity index (χ1) is 32.0. The summed E-state index contributed by atoms with van der Waals surface area (Å²) in [5.74, 6) is 0.805. The molecule has 2 aliphatic rings. The number of benzene rings is 8. The molecule has 1 aliphatic carbocycles. The van der Waals surface area contributed by atoms with Crippen LogP contribution in [-0.2, 0) is 0 Å². The molecule has 3 atom stereocenters. The maximum absolute atomic E-state index is 5.54. The molecule has 65 heavy (non-hydrogen) atoms. The predicted molar refractivity (Wildman–Crippen MR) is 279 cm³/mol. The van der Waals surface area contributed by atoms with Gasteiger partial charge in [0.2, 0.25) is 0 Å². The highest BCUT2D eigenvalue weighted by Gasteiger charge is 2.29. The van der Waals surface area contributed by atoms with E-state index in [1.165, 1.54) is 77.6 Å². The largest absolute Gasteiger partial charge is 0.252 e. The van der Waals surface area contributed by atoms with E-state index in [0.717, 1.165) is 41.8 Å². The lowest BCUT2D eigenvalue weighted by molar-refractivity contribution is 0.577. The predicted octanol–water partition coefficient (Wildman–Crippen LogP) is 17.2. The average Bonchev–Trinajstić information content (AvgIpc) is 3.44. The Morgan fingerprint density at radius 1 is 0.508 bits per heavy atom. The highest BCUT2D eigenvalue weighted by Crippen LogP contribution is 2.46. The van der Waals surface area contributed by atoms with Crippen molar-refractivity contribution in [3.8, 4) is 22.3 Å². The van der Waals surface area contributed by atoms with Crippen LogP contribution in [0.2, 0.25) is 0 Å². The van der Waals surface area contributed by atoms with E-state index in [1.54, 1.807) is 0 Å². The fourth-order valence-corrected chi connectivity index (χ4v) is 10.2. The van der Waals surface area contributed by atoms with Gasteiger partial charge in [-0.1, -0.05) is 232 Å². The molecule has 1 heteroatoms. The lowest BCUT2D eigenvalue weighted by Gasteiger charge is -2.32. The van der Waals surface area contributed by atoms with Gasteiger partial charge in [0.25, 0.3) is 0 Å². The van der Waals surface area contributed by atoms with Gasteiger partial charge in [-0.2, -0.15) is 0 Å². The van der Waals surface area contributed by atoms with E-state index in [9.17, 15) is 0 Å². The van der Waals surface area contributed by atoms with Crippen LogP contribution < -0.4 is 0 Å². The number of fused-ring (bicyclic) bond motifs is 1. The lowest BCUT2D eigenvalue weighted by Crippen LogP contribution is -2.16. The van der Waals surface area contributed by atoms with Crippen LogP contribution in [0.15, 0.2) is 235 Å². The van der Waals surface area contributed by atoms with E-state index in [0.29, 0.717) is 11.8 Å². The van der Waals surface area contributed by atoms with Crippen LogP contribution in [0.25, 0.3) is 55.4 Å². The molecule has 0 saturated carbocycles. The molecule has 316 valence electrons. The highest BCUT2D eigenvalue weighted by molar-refractivity contribution is 6.07. The van der Waals surface area contributed by atoms with Gasteiger partial charge in [-0.15, -0.1) is 0 Å². The fourth-order valence-electron chi connectivity index (χ4n) is 10.2. The minimum absolute atomic E-state index is 0.115. The van der Waals surface area contributed by atoms with Gasteiger partial charge in [0, 0.05) is 11.8 Å². The molecule has 0 fully saturated rings. The van der Waals surface area contributed by atoms with Crippen molar-refractivity contribution in [2.24, 2.45) is 16.8 Å². The summed E-state index contributed by atoms with van der Waals surface area (Å²) in [7, 11) is 0. The van der Waals surface area contributed by atoms with Gasteiger partial charge in [0.15, 0.2) is 0 Å². The third-order valence-electron chi connectivity index (χ3n) is 13.8. The molecule has 3 unspecified atom stereocenters. The molecule has 0 spiro atoms. The van der Waals surface area contributed by atoms with Crippen LogP contribution in [-0.4, -0.2) is 5.71 Å². The molecule has 1 heterocycles. The summed E-state index contributed by atoms with van der Waals surface area (Å²) in [4.78, 5) is 5.54. The van der Waals surface area contributed by atoms with Gasteiger partial charge in [0.1, 0.15) is 0 Å². The van der Waals surface area contributed by atoms with Gasteiger partial charge in [-0.25, -0.2) is 0 Å². The Hall–Kier alpha value is -7.35. The van der Waals surface area contributed by atoms with Gasteiger partial charge in [0.05, 0.1) is 11.4 Å². The zero-order valence-corrected chi connectivity index (χ0v) is 37.7. The van der Waals surface area contributed by atoms with Gasteiger partial charge in [-0.3, -0.25) is 4.99 Å². The van der Waals surface area contributed by atoms with Crippen LogP contribution in [0.3, 0.4) is 0 Å². The minimum Gasteiger partial charge on any atom is -0.252 e. The van der Waals surface area contributed by atoms with Gasteiger partial charge >= 0.3 is 0 Å². The van der Waals surface area contributed by atoms with E-state index >= 15 is 0 Å². The Bertz CT molecular complexity index is 3090. The molecule has 0 radical (unpaired) electrons. The summed E-state index contributed by atoms with van der Waals surface area (Å²) in [6.45, 7) is 6.96. The van der Waals surface area contributed by atoms with Crippen molar-refractivity contribution in [2.75, 3.05) is 0 Å². The van der Waals surface area contributed by atoms with Crippen LogP contribution >= 0.6 is 0 Å². The van der Waals surface area contributed by atoms with E-state index < -0.39 is 0 Å². The van der Waals surface area contributed by atoms with Crippen molar-refractivity contribution < 1.29 is 0 Å². The third kappa shape index (κ3) is 8.68. The molecule has 10 rings (SSSR count). The molecule has 0 aromatic heterocycles. The monoisotopic (exact) mass is 837 g/mol. The zero-order valence-electron chi connectivity index (χ0n) is 37.7. The molecule has 8 aromatic rings. The molecule has 8 aromatic carbocycles. The quantitative estimate of drug-likeness (QED) is 0.137. The molecule has 1 aliphatic heterocycles. The Labute approximate surface area is 385 Å². The number of allylic oxidation sites excluding steroid dienone is 7. The van der Waals surface area contributed by atoms with Crippen LogP contribution in [0, 0.1) is 11.8 Å². The standard InChI is InChI=1S/C64H55N/c1-4-57-59(48-22-11-6-12-23-48)42-56(43-60(57)49-24-13-7-14-25-49)46-32-34-50(35-33-46)61-40-54-28-17-18-29-55(54)41-62(61)51-36-38-53(39-37-51)64-45(3)44(2)58(47-20-9-5-10-21-47)30-19-31-63(65-64)52-26-15-8-16-27-52/h5-18,20-29,31-43,45,57,59H,4,19,30H2,1-3H3/b58-44+,63-31-,65-64?. The summed E-state index contributed by atoms with van der Waals surface area (Å²) in [6.07, 6.45) is 10.3. The van der Waals surface area contributed by atoms with E-state index in [-0.39, 0.29) is 5.92 Å². The summed E-state index contributed by atoms with van der Waals surface area (Å²) in [5.41, 5.74) is 19.9. The number of hydrogen-bond acceptors (Lipinski definition) is 1. The maximum atomic E-state index is 5.54. The molecule has 1 nitrogen and oxygen atoms in total. The molecule has 0 amide bonds. The number of aliphatic imine (C=N–C) groups is 1. The second kappa shape index (κ2) is 18.8. The average molecular weight is 838 g/mol. The number of rotatable bonds is 9. The van der Waals surface area contributed by atoms with Gasteiger partial charge < -0.3 is 0 Å². The van der Waals surface area contributed by atoms with Crippen molar-refractivity contribution in [1.29, 1.82) is 0 Å². The Balaban J connectivity index is 1.04. The Morgan fingerprint density at radius 3 is 1.57 bits per heavy atom. The topological polar surface area (TPSA) is 12.4 Å². The SMILES string of the molecule is CCC1C(c2ccccc2)=CC(c2ccc(-c3cc4ccccc4cc3-c3ccc(C4=N/C(c5ccccc5)=C\CC/C(c5ccccc5)=C(/C)C4C)cc3)cc2)=CC1c1ccccc1. The minimum atomic E-state index is 0.115. The first kappa shape index (κ1) is 41.6. The Morgan fingerprint density at radius 2 is 1.00 bits per heavy atom. The maximum Gasteiger partial charge on any atom is 0.0666 e. The Kier molecular flexibility index (Phi) is 12.0. The first-order valence-electron chi connectivity index (χ1n) is 23.4. The van der Waals surface area contributed by atoms with E-state index in [2.05, 4.69) is 245 Å². The summed E-state index contributed by atoms with van der Waals surface area (Å²) in [6, 6.07) is 75.5. The molecular formula is C64H55N. The summed E-state index contributed by atoms with van der Waals surface area (Å²) in [5, 5.41) is 2.47. The van der Waals surface area contributed by atoms with Crippen molar-refractivity contribution in [3.05, 3.63) is 263 Å². The molecular weight excluding hydrogens is 783 g/mol. The third-order valence-corrected chi connectivity index (χ3v) is 13.8. The van der Waals surface area contributed by atoms with E-state index in [1.807, 2.05) is 0 Å². The molecule has 0 N–H and O–H groups in total. The van der Waals surface area contributed by atoms with Crippen molar-refractivity contribution >= 4 is 38.9 Å². The summed E-state index contributed by atoms with van der Waals surface area (Å²) >= 11 is 0. The fraction of sp³-hybridized carbons (Fsp3) is 0.141. The molecule has 0 bridgehead atoms. The lowest BCUT2D eigenvalue weighted by atomic mass is 9.72. The van der Waals surface area contributed by atoms with Crippen molar-refractivity contribution in [2.45, 2.75) is 46.0 Å². The van der Waals surface area contributed by atoms with Crippen LogP contribution in [0.1, 0.15) is 79.3 Å². The second-order valence-electron chi connectivity index (χ2n) is 17.7. The normalized spacial score (nSPS) is 19.8. The van der Waals surface area contributed by atoms with Crippen LogP contribution in [0.4, 0.5) is 0 Å². The smallest absolute Gasteiger partial charge is 0.0666 e. The number of hydrogen-bond donors (Lipinski definition) is 0. The zero-order chi connectivity index (χ0) is 44.1.